The molecule has 5 unspecified atom stereocenters. The SMILES string of the molecule is CC/C=C\C/C=C\C/C=C\C/C=C\C/C=C\C/C=C\CCCCCCCCC(=O)OCC(O)COP(=O)(O)OCC(O)COP(=O)(O)OCC(COC(=O)CCCCCCCC/C=C\C/C=C\C/C=C\C/C=C\C/C=C\C/C=C\CC)OC(=O)CC/C=C\C/C=C\C/C=C\C/C=C\C/C=C\C/C=C\CC. The Morgan fingerprint density at radius 3 is 0.790 bits per heavy atom. The largest absolute Gasteiger partial charge is 0.472 e. The Morgan fingerprint density at radius 1 is 0.267 bits per heavy atom. The normalized spacial score (nSPS) is 15.2. The van der Waals surface area contributed by atoms with E-state index >= 15 is 0 Å². The van der Waals surface area contributed by atoms with Gasteiger partial charge >= 0.3 is 33.6 Å². The van der Waals surface area contributed by atoms with Crippen molar-refractivity contribution < 1.29 is 75.8 Å². The van der Waals surface area contributed by atoms with E-state index in [-0.39, 0.29) is 19.3 Å². The van der Waals surface area contributed by atoms with Crippen LogP contribution in [0, 0.1) is 0 Å². The molecule has 0 bridgehead atoms. The molecule has 16 nitrogen and oxygen atoms in total. The first-order valence-corrected chi connectivity index (χ1v) is 42.0. The van der Waals surface area contributed by atoms with Crippen molar-refractivity contribution in [3.05, 3.63) is 219 Å². The van der Waals surface area contributed by atoms with Gasteiger partial charge < -0.3 is 34.2 Å². The third-order valence-electron chi connectivity index (χ3n) is 15.2. The van der Waals surface area contributed by atoms with Gasteiger partial charge in [0.1, 0.15) is 25.4 Å². The molecule has 0 aromatic heterocycles. The number of esters is 3. The van der Waals surface area contributed by atoms with Gasteiger partial charge in [-0.2, -0.15) is 0 Å². The van der Waals surface area contributed by atoms with Crippen molar-refractivity contribution in [1.82, 2.24) is 0 Å². The highest BCUT2D eigenvalue weighted by Crippen LogP contribution is 2.45. The number of phosphoric acid groups is 2. The van der Waals surface area contributed by atoms with Gasteiger partial charge in [-0.1, -0.05) is 291 Å². The maximum absolute atomic E-state index is 13.0. The van der Waals surface area contributed by atoms with Gasteiger partial charge in [0.15, 0.2) is 6.10 Å². The van der Waals surface area contributed by atoms with Crippen LogP contribution in [0.3, 0.4) is 0 Å². The quantitative estimate of drug-likeness (QED) is 0.0146. The summed E-state index contributed by atoms with van der Waals surface area (Å²) >= 11 is 0. The number of aliphatic hydroxyl groups excluding tert-OH is 2. The van der Waals surface area contributed by atoms with E-state index in [1.165, 1.54) is 0 Å². The lowest BCUT2D eigenvalue weighted by Gasteiger charge is -2.21. The van der Waals surface area contributed by atoms with Crippen LogP contribution in [-0.2, 0) is 55.8 Å². The molecule has 0 aliphatic rings. The Morgan fingerprint density at radius 2 is 0.495 bits per heavy atom. The molecule has 0 aliphatic carbocycles. The molecule has 0 saturated heterocycles. The summed E-state index contributed by atoms with van der Waals surface area (Å²) in [5.41, 5.74) is 0. The van der Waals surface area contributed by atoms with E-state index in [0.717, 1.165) is 186 Å². The van der Waals surface area contributed by atoms with E-state index in [0.29, 0.717) is 25.7 Å². The van der Waals surface area contributed by atoms with Crippen LogP contribution < -0.4 is 0 Å². The van der Waals surface area contributed by atoms with E-state index in [1.54, 1.807) is 0 Å². The molecule has 4 N–H and O–H groups in total. The summed E-state index contributed by atoms with van der Waals surface area (Å²) in [5, 5.41) is 20.6. The molecule has 0 saturated carbocycles. The smallest absolute Gasteiger partial charge is 0.463 e. The number of allylic oxidation sites excluding steroid dienone is 36. The van der Waals surface area contributed by atoms with Gasteiger partial charge in [-0.3, -0.25) is 32.5 Å². The minimum Gasteiger partial charge on any atom is -0.463 e. The van der Waals surface area contributed by atoms with Crippen LogP contribution in [0.25, 0.3) is 0 Å². The lowest BCUT2D eigenvalue weighted by atomic mass is 10.1. The van der Waals surface area contributed by atoms with Gasteiger partial charge in [-0.05, 0) is 161 Å². The van der Waals surface area contributed by atoms with Crippen molar-refractivity contribution in [2.45, 2.75) is 270 Å². The van der Waals surface area contributed by atoms with E-state index in [9.17, 15) is 43.5 Å². The van der Waals surface area contributed by atoms with Crippen molar-refractivity contribution in [2.75, 3.05) is 39.6 Å². The minimum atomic E-state index is -4.97. The molecule has 0 amide bonds. The zero-order valence-electron chi connectivity index (χ0n) is 64.3. The van der Waals surface area contributed by atoms with Crippen molar-refractivity contribution >= 4 is 33.6 Å². The average molecular weight is 1500 g/mol. The molecule has 0 aromatic rings. The summed E-state index contributed by atoms with van der Waals surface area (Å²) in [7, 11) is -9.85. The molecule has 0 aliphatic heterocycles. The highest BCUT2D eigenvalue weighted by Gasteiger charge is 2.29. The van der Waals surface area contributed by atoms with Crippen LogP contribution >= 0.6 is 15.6 Å². The van der Waals surface area contributed by atoms with Crippen LogP contribution in [0.15, 0.2) is 219 Å². The van der Waals surface area contributed by atoms with Gasteiger partial charge in [0, 0.05) is 19.3 Å². The summed E-state index contributed by atoms with van der Waals surface area (Å²) in [6.07, 6.45) is 104. The van der Waals surface area contributed by atoms with Gasteiger partial charge in [0.2, 0.25) is 0 Å². The molecule has 590 valence electrons. The van der Waals surface area contributed by atoms with Crippen LogP contribution in [0.4, 0.5) is 0 Å². The molecule has 105 heavy (non-hydrogen) atoms. The van der Waals surface area contributed by atoms with E-state index in [1.807, 2.05) is 18.2 Å². The number of ether oxygens (including phenoxy) is 3. The third kappa shape index (κ3) is 78.8. The van der Waals surface area contributed by atoms with Crippen molar-refractivity contribution in [3.8, 4) is 0 Å². The Bertz CT molecular complexity index is 2790. The zero-order valence-corrected chi connectivity index (χ0v) is 66.1. The Balaban J connectivity index is 4.79. The zero-order chi connectivity index (χ0) is 76.6. The van der Waals surface area contributed by atoms with Gasteiger partial charge in [0.25, 0.3) is 0 Å². The standard InChI is InChI=1S/C87H136O16P2/c1-4-7-10-13-16-19-22-25-28-31-34-36-38-40-42-44-47-49-52-55-58-61-64-67-70-73-85(90)97-76-82(88)77-99-104(93,94)100-78-83(89)79-101-105(95,96)102-81-84(103-87(92)75-72-69-66-63-60-57-54-51-46-33-30-27-24-21-18-15-12-9-6-3)80-98-86(91)74-71-68-65-62-59-56-53-50-48-45-43-41-39-37-35-32-29-26-23-20-17-14-11-8-5-2/h7-12,16-21,25-30,34-37,40-43,46-51,57,60,66,69,82-84,88-89H,4-6,13-15,22-24,31-33,38-39,44-45,52-56,58-59,61-65,67-68,70-81H2,1-3H3,(H,93,94)(H,95,96)/b10-7-,11-8-,12-9-,19-16-,20-17-,21-18-,28-25-,29-26-,30-27-,36-34-,37-35-,42-40-,43-41-,49-47-,50-48-,51-46-,60-57-,69-66-. The van der Waals surface area contributed by atoms with Crippen LogP contribution in [0.2, 0.25) is 0 Å². The summed E-state index contributed by atoms with van der Waals surface area (Å²) < 4.78 is 61.0. The topological polar surface area (TPSA) is 231 Å². The summed E-state index contributed by atoms with van der Waals surface area (Å²) in [5.74, 6) is -1.72. The summed E-state index contributed by atoms with van der Waals surface area (Å²) in [4.78, 5) is 58.7. The Kier molecular flexibility index (Phi) is 73.0. The molecule has 0 aromatic carbocycles. The highest BCUT2D eigenvalue weighted by molar-refractivity contribution is 7.47. The fraction of sp³-hybridized carbons (Fsp3) is 0.552. The number of hydrogen-bond acceptors (Lipinski definition) is 14. The monoisotopic (exact) mass is 1500 g/mol. The van der Waals surface area contributed by atoms with E-state index in [2.05, 4.69) is 221 Å². The lowest BCUT2D eigenvalue weighted by molar-refractivity contribution is -0.161. The number of unbranched alkanes of at least 4 members (excludes halogenated alkanes) is 12. The maximum atomic E-state index is 13.0. The number of rotatable bonds is 71. The van der Waals surface area contributed by atoms with Crippen molar-refractivity contribution in [2.24, 2.45) is 0 Å². The van der Waals surface area contributed by atoms with Gasteiger partial charge in [-0.25, -0.2) is 9.13 Å². The third-order valence-corrected chi connectivity index (χ3v) is 17.1. The predicted molar refractivity (Wildman–Crippen MR) is 435 cm³/mol. The molecule has 18 heteroatoms. The van der Waals surface area contributed by atoms with Crippen LogP contribution in [-0.4, -0.2) is 95.9 Å². The highest BCUT2D eigenvalue weighted by atomic mass is 31.2. The second kappa shape index (κ2) is 77.5. The maximum Gasteiger partial charge on any atom is 0.472 e. The summed E-state index contributed by atoms with van der Waals surface area (Å²) in [6, 6.07) is 0. The van der Waals surface area contributed by atoms with E-state index in [4.69, 9.17) is 32.3 Å². The second-order valence-electron chi connectivity index (χ2n) is 25.0. The molecule has 0 radical (unpaired) electrons. The first-order valence-electron chi connectivity index (χ1n) is 39.0. The van der Waals surface area contributed by atoms with Gasteiger partial charge in [0.05, 0.1) is 26.4 Å². The number of aliphatic hydroxyl groups is 2. The molecule has 0 fully saturated rings. The molecule has 0 heterocycles. The molecular weight excluding hydrogens is 1360 g/mol. The minimum absolute atomic E-state index is 0.0346. The predicted octanol–water partition coefficient (Wildman–Crippen LogP) is 23.1. The number of carbonyl (C=O) groups excluding carboxylic acids is 3. The second-order valence-corrected chi connectivity index (χ2v) is 27.9. The number of carbonyl (C=O) groups is 3. The molecule has 5 atom stereocenters. The molecule has 0 spiro atoms. The lowest BCUT2D eigenvalue weighted by Crippen LogP contribution is -2.29. The van der Waals surface area contributed by atoms with E-state index < -0.39 is 91.5 Å². The summed E-state index contributed by atoms with van der Waals surface area (Å²) in [6.45, 7) is 2.17. The van der Waals surface area contributed by atoms with Crippen molar-refractivity contribution in [3.63, 3.8) is 0 Å². The fourth-order valence-corrected chi connectivity index (χ4v) is 11.0. The molecule has 0 rings (SSSR count). The van der Waals surface area contributed by atoms with Crippen LogP contribution in [0.5, 0.6) is 0 Å². The number of hydrogen-bond donors (Lipinski definition) is 4. The van der Waals surface area contributed by atoms with Crippen LogP contribution in [0.1, 0.15) is 252 Å². The first-order chi connectivity index (χ1) is 51.2. The number of phosphoric ester groups is 2. The fourth-order valence-electron chi connectivity index (χ4n) is 9.37. The molecular formula is C87H136O16P2. The Hall–Kier alpha value is -6.13. The first kappa shape index (κ1) is 98.9. The van der Waals surface area contributed by atoms with Gasteiger partial charge in [-0.15, -0.1) is 0 Å². The van der Waals surface area contributed by atoms with Crippen molar-refractivity contribution in [1.29, 1.82) is 0 Å². The average Bonchev–Trinajstić information content (AvgIpc) is 0.923. The Labute approximate surface area is 634 Å².